The van der Waals surface area contributed by atoms with Gasteiger partial charge in [0.25, 0.3) is 0 Å². The number of hydrogen-bond acceptors (Lipinski definition) is 3. The quantitative estimate of drug-likeness (QED) is 0.754. The minimum absolute atomic E-state index is 0.147. The summed E-state index contributed by atoms with van der Waals surface area (Å²) in [5.74, 6) is 0. The highest BCUT2D eigenvalue weighted by Gasteiger charge is 2.34. The fraction of sp³-hybridized carbons (Fsp3) is 0.636. The van der Waals surface area contributed by atoms with Crippen molar-refractivity contribution in [1.82, 2.24) is 5.32 Å². The zero-order valence-electron chi connectivity index (χ0n) is 8.49. The fourth-order valence-corrected chi connectivity index (χ4v) is 2.09. The van der Waals surface area contributed by atoms with Crippen LogP contribution in [-0.2, 0) is 5.60 Å². The lowest BCUT2D eigenvalue weighted by Crippen LogP contribution is -2.48. The third kappa shape index (κ3) is 1.70. The molecule has 1 saturated heterocycles. The van der Waals surface area contributed by atoms with Crippen LogP contribution in [0.3, 0.4) is 0 Å². The summed E-state index contributed by atoms with van der Waals surface area (Å²) in [4.78, 5) is 0. The summed E-state index contributed by atoms with van der Waals surface area (Å²) in [5.41, 5.74) is 0.0462. The van der Waals surface area contributed by atoms with Crippen molar-refractivity contribution in [3.05, 3.63) is 24.2 Å². The molecule has 1 aliphatic rings. The van der Waals surface area contributed by atoms with Crippen molar-refractivity contribution in [3.8, 4) is 0 Å². The van der Waals surface area contributed by atoms with E-state index >= 15 is 0 Å². The molecule has 2 heterocycles. The molecule has 1 aromatic heterocycles. The van der Waals surface area contributed by atoms with Gasteiger partial charge in [-0.25, -0.2) is 0 Å². The molecule has 3 heteroatoms. The minimum Gasteiger partial charge on any atom is -0.472 e. The molecule has 0 radical (unpaired) electrons. The maximum absolute atomic E-state index is 10.4. The van der Waals surface area contributed by atoms with Crippen molar-refractivity contribution < 1.29 is 9.52 Å². The SMILES string of the molecule is CC(O)(c1ccoc1)C1CCCCN1. The molecular weight excluding hydrogens is 178 g/mol. The van der Waals surface area contributed by atoms with Crippen molar-refractivity contribution in [3.63, 3.8) is 0 Å². The van der Waals surface area contributed by atoms with Crippen LogP contribution in [-0.4, -0.2) is 17.7 Å². The molecular formula is C11H17NO2. The molecule has 1 aliphatic heterocycles. The lowest BCUT2D eigenvalue weighted by Gasteiger charge is -2.35. The molecule has 2 unspecified atom stereocenters. The minimum atomic E-state index is -0.812. The molecule has 2 rings (SSSR count). The smallest absolute Gasteiger partial charge is 0.105 e. The molecule has 0 bridgehead atoms. The third-order valence-corrected chi connectivity index (χ3v) is 3.09. The van der Waals surface area contributed by atoms with Gasteiger partial charge in [0.05, 0.1) is 12.5 Å². The second kappa shape index (κ2) is 3.75. The molecule has 0 amide bonds. The Hall–Kier alpha value is -0.800. The van der Waals surface area contributed by atoms with Gasteiger partial charge >= 0.3 is 0 Å². The molecule has 2 atom stereocenters. The highest BCUT2D eigenvalue weighted by atomic mass is 16.3. The van der Waals surface area contributed by atoms with Crippen molar-refractivity contribution in [2.75, 3.05) is 6.54 Å². The van der Waals surface area contributed by atoms with Crippen LogP contribution in [0.4, 0.5) is 0 Å². The Balaban J connectivity index is 2.14. The average molecular weight is 195 g/mol. The summed E-state index contributed by atoms with van der Waals surface area (Å²) in [6.07, 6.45) is 6.64. The molecule has 1 aromatic rings. The number of nitrogens with one attached hydrogen (secondary N) is 1. The normalized spacial score (nSPS) is 27.1. The predicted octanol–water partition coefficient (Wildman–Crippen LogP) is 1.63. The highest BCUT2D eigenvalue weighted by molar-refractivity contribution is 5.18. The first-order chi connectivity index (χ1) is 6.71. The van der Waals surface area contributed by atoms with E-state index in [0.29, 0.717) is 0 Å². The van der Waals surface area contributed by atoms with E-state index in [4.69, 9.17) is 4.42 Å². The molecule has 2 N–H and O–H groups in total. The average Bonchev–Trinajstić information content (AvgIpc) is 2.72. The van der Waals surface area contributed by atoms with E-state index in [2.05, 4.69) is 5.32 Å². The molecule has 3 nitrogen and oxygen atoms in total. The largest absolute Gasteiger partial charge is 0.472 e. The summed E-state index contributed by atoms with van der Waals surface area (Å²) in [6, 6.07) is 1.98. The van der Waals surface area contributed by atoms with Gasteiger partial charge in [0.15, 0.2) is 0 Å². The van der Waals surface area contributed by atoms with Crippen molar-refractivity contribution in [2.24, 2.45) is 0 Å². The second-order valence-corrected chi connectivity index (χ2v) is 4.16. The summed E-state index contributed by atoms with van der Waals surface area (Å²) >= 11 is 0. The molecule has 78 valence electrons. The van der Waals surface area contributed by atoms with Gasteiger partial charge in [-0.15, -0.1) is 0 Å². The Bertz CT molecular complexity index is 273. The summed E-state index contributed by atoms with van der Waals surface area (Å²) in [7, 11) is 0. The maximum atomic E-state index is 10.4. The van der Waals surface area contributed by atoms with Crippen molar-refractivity contribution in [1.29, 1.82) is 0 Å². The number of piperidine rings is 1. The Morgan fingerprint density at radius 2 is 2.43 bits per heavy atom. The molecule has 14 heavy (non-hydrogen) atoms. The van der Waals surface area contributed by atoms with Gasteiger partial charge in [0, 0.05) is 11.6 Å². The topological polar surface area (TPSA) is 45.4 Å². The molecule has 0 saturated carbocycles. The Morgan fingerprint density at radius 3 is 3.00 bits per heavy atom. The molecule has 0 aromatic carbocycles. The van der Waals surface area contributed by atoms with E-state index in [1.165, 1.54) is 12.8 Å². The van der Waals surface area contributed by atoms with Crippen LogP contribution in [0.5, 0.6) is 0 Å². The van der Waals surface area contributed by atoms with Gasteiger partial charge in [-0.05, 0) is 32.4 Å². The van der Waals surface area contributed by atoms with Gasteiger partial charge in [-0.2, -0.15) is 0 Å². The molecule has 0 spiro atoms. The highest BCUT2D eigenvalue weighted by Crippen LogP contribution is 2.29. The lowest BCUT2D eigenvalue weighted by molar-refractivity contribution is 0.00520. The Kier molecular flexibility index (Phi) is 2.61. The van der Waals surface area contributed by atoms with Crippen LogP contribution in [0.15, 0.2) is 23.0 Å². The van der Waals surface area contributed by atoms with Gasteiger partial charge in [-0.3, -0.25) is 0 Å². The molecule has 0 aliphatic carbocycles. The standard InChI is InChI=1S/C11H17NO2/c1-11(13,9-5-7-14-8-9)10-4-2-3-6-12-10/h5,7-8,10,12-13H,2-4,6H2,1H3. The Morgan fingerprint density at radius 1 is 1.57 bits per heavy atom. The predicted molar refractivity (Wildman–Crippen MR) is 53.9 cm³/mol. The van der Waals surface area contributed by atoms with Gasteiger partial charge < -0.3 is 14.8 Å². The first kappa shape index (κ1) is 9.74. The first-order valence-corrected chi connectivity index (χ1v) is 5.19. The Labute approximate surface area is 84.1 Å². The maximum Gasteiger partial charge on any atom is 0.105 e. The number of rotatable bonds is 2. The first-order valence-electron chi connectivity index (χ1n) is 5.19. The van der Waals surface area contributed by atoms with Gasteiger partial charge in [0.1, 0.15) is 5.60 Å². The zero-order chi connectivity index (χ0) is 10.0. The van der Waals surface area contributed by atoms with Crippen LogP contribution < -0.4 is 5.32 Å². The number of hydrogen-bond donors (Lipinski definition) is 2. The van der Waals surface area contributed by atoms with Gasteiger partial charge in [-0.1, -0.05) is 6.42 Å². The van der Waals surface area contributed by atoms with Crippen molar-refractivity contribution in [2.45, 2.75) is 37.8 Å². The third-order valence-electron chi connectivity index (χ3n) is 3.09. The van der Waals surface area contributed by atoms with Gasteiger partial charge in [0.2, 0.25) is 0 Å². The van der Waals surface area contributed by atoms with E-state index in [9.17, 15) is 5.11 Å². The number of furan rings is 1. The van der Waals surface area contributed by atoms with E-state index in [0.717, 1.165) is 18.5 Å². The zero-order valence-corrected chi connectivity index (χ0v) is 8.49. The van der Waals surface area contributed by atoms with E-state index < -0.39 is 5.60 Å². The monoisotopic (exact) mass is 195 g/mol. The fourth-order valence-electron chi connectivity index (χ4n) is 2.09. The van der Waals surface area contributed by atoms with Crippen LogP contribution in [0.2, 0.25) is 0 Å². The molecule has 1 fully saturated rings. The summed E-state index contributed by atoms with van der Waals surface area (Å²) in [6.45, 7) is 2.85. The van der Waals surface area contributed by atoms with E-state index in [1.54, 1.807) is 12.5 Å². The summed E-state index contributed by atoms with van der Waals surface area (Å²) < 4.78 is 5.00. The number of aliphatic hydroxyl groups is 1. The van der Waals surface area contributed by atoms with Crippen LogP contribution >= 0.6 is 0 Å². The van der Waals surface area contributed by atoms with Crippen LogP contribution in [0.25, 0.3) is 0 Å². The van der Waals surface area contributed by atoms with Crippen molar-refractivity contribution >= 4 is 0 Å². The van der Waals surface area contributed by atoms with E-state index in [-0.39, 0.29) is 6.04 Å². The van der Waals surface area contributed by atoms with Crippen LogP contribution in [0, 0.1) is 0 Å². The summed E-state index contributed by atoms with van der Waals surface area (Å²) in [5, 5.41) is 13.7. The second-order valence-electron chi connectivity index (χ2n) is 4.16. The lowest BCUT2D eigenvalue weighted by atomic mass is 9.85. The van der Waals surface area contributed by atoms with E-state index in [1.807, 2.05) is 13.0 Å². The van der Waals surface area contributed by atoms with Crippen LogP contribution in [0.1, 0.15) is 31.7 Å².